The minimum Gasteiger partial charge on any atom is -0.338 e. The van der Waals surface area contributed by atoms with Crippen molar-refractivity contribution in [3.63, 3.8) is 0 Å². The summed E-state index contributed by atoms with van der Waals surface area (Å²) >= 11 is 14.5. The molecular weight excluding hydrogens is 408 g/mol. The van der Waals surface area contributed by atoms with Crippen LogP contribution in [-0.2, 0) is 5.75 Å². The van der Waals surface area contributed by atoms with E-state index >= 15 is 0 Å². The second-order valence-corrected chi connectivity index (χ2v) is 8.41. The fourth-order valence-electron chi connectivity index (χ4n) is 2.24. The van der Waals surface area contributed by atoms with Gasteiger partial charge in [0.1, 0.15) is 0 Å². The summed E-state index contributed by atoms with van der Waals surface area (Å²) in [6.07, 6.45) is 0. The van der Waals surface area contributed by atoms with Gasteiger partial charge in [0.15, 0.2) is 8.29 Å². The summed E-state index contributed by atoms with van der Waals surface area (Å²) in [6.45, 7) is 0. The lowest BCUT2D eigenvalue weighted by molar-refractivity contribution is 0.391. The van der Waals surface area contributed by atoms with Crippen LogP contribution in [0.25, 0.3) is 17.1 Å². The SMILES string of the molecule is S=c1sc(SCc2nc(-c3ccccc3Cl)no2)nn1-c1ccccc1. The molecule has 0 atom stereocenters. The topological polar surface area (TPSA) is 56.7 Å². The molecule has 130 valence electrons. The van der Waals surface area contributed by atoms with Crippen LogP contribution in [0, 0.1) is 3.95 Å². The van der Waals surface area contributed by atoms with Crippen LogP contribution in [-0.4, -0.2) is 19.9 Å². The number of hydrogen-bond acceptors (Lipinski definition) is 7. The zero-order chi connectivity index (χ0) is 17.9. The smallest absolute Gasteiger partial charge is 0.237 e. The van der Waals surface area contributed by atoms with Gasteiger partial charge in [0.2, 0.25) is 11.7 Å². The highest BCUT2D eigenvalue weighted by Gasteiger charge is 2.13. The zero-order valence-electron chi connectivity index (χ0n) is 13.2. The molecule has 0 unspecified atom stereocenters. The first-order valence-electron chi connectivity index (χ1n) is 7.56. The van der Waals surface area contributed by atoms with Crippen LogP contribution in [0.5, 0.6) is 0 Å². The molecule has 2 aromatic heterocycles. The number of nitrogens with zero attached hydrogens (tertiary/aromatic N) is 4. The molecule has 26 heavy (non-hydrogen) atoms. The highest BCUT2D eigenvalue weighted by Crippen LogP contribution is 2.29. The standard InChI is InChI=1S/C17H11ClN4OS3/c18-13-9-5-4-8-12(13)15-19-14(23-21-15)10-25-16-20-22(17(24)26-16)11-6-2-1-3-7-11/h1-9H,10H2. The highest BCUT2D eigenvalue weighted by molar-refractivity contribution is 8.00. The van der Waals surface area contributed by atoms with Crippen LogP contribution < -0.4 is 0 Å². The Morgan fingerprint density at radius 2 is 1.88 bits per heavy atom. The van der Waals surface area contributed by atoms with E-state index in [9.17, 15) is 0 Å². The first-order valence-corrected chi connectivity index (χ1v) is 10.2. The number of hydrogen-bond donors (Lipinski definition) is 0. The number of para-hydroxylation sites is 1. The average molecular weight is 419 g/mol. The summed E-state index contributed by atoms with van der Waals surface area (Å²) < 4.78 is 8.62. The monoisotopic (exact) mass is 418 g/mol. The molecule has 0 aliphatic rings. The normalized spacial score (nSPS) is 11.0. The fourth-order valence-corrected chi connectivity index (χ4v) is 4.66. The van der Waals surface area contributed by atoms with Gasteiger partial charge in [-0.25, -0.2) is 4.68 Å². The summed E-state index contributed by atoms with van der Waals surface area (Å²) in [5, 5.41) is 9.15. The number of rotatable bonds is 5. The number of thioether (sulfide) groups is 1. The van der Waals surface area contributed by atoms with Crippen LogP contribution in [0.2, 0.25) is 5.02 Å². The van der Waals surface area contributed by atoms with E-state index in [1.54, 1.807) is 10.7 Å². The van der Waals surface area contributed by atoms with Crippen molar-refractivity contribution in [2.75, 3.05) is 0 Å². The van der Waals surface area contributed by atoms with Gasteiger partial charge in [-0.3, -0.25) is 0 Å². The second-order valence-electron chi connectivity index (χ2n) is 5.16. The van der Waals surface area contributed by atoms with Gasteiger partial charge >= 0.3 is 0 Å². The maximum atomic E-state index is 6.17. The van der Waals surface area contributed by atoms with Crippen molar-refractivity contribution in [3.8, 4) is 17.1 Å². The molecule has 0 fully saturated rings. The third-order valence-corrected chi connectivity index (χ3v) is 6.11. The van der Waals surface area contributed by atoms with Crippen LogP contribution in [0.15, 0.2) is 63.5 Å². The van der Waals surface area contributed by atoms with Gasteiger partial charge in [-0.05, 0) is 36.5 Å². The predicted molar refractivity (Wildman–Crippen MR) is 107 cm³/mol. The van der Waals surface area contributed by atoms with Crippen molar-refractivity contribution in [3.05, 3.63) is 69.5 Å². The summed E-state index contributed by atoms with van der Waals surface area (Å²) in [5.74, 6) is 1.50. The van der Waals surface area contributed by atoms with E-state index < -0.39 is 0 Å². The van der Waals surface area contributed by atoms with Crippen molar-refractivity contribution in [1.29, 1.82) is 0 Å². The van der Waals surface area contributed by atoms with Crippen molar-refractivity contribution < 1.29 is 4.52 Å². The molecule has 9 heteroatoms. The first kappa shape index (κ1) is 17.4. The van der Waals surface area contributed by atoms with Crippen molar-refractivity contribution in [2.24, 2.45) is 0 Å². The highest BCUT2D eigenvalue weighted by atomic mass is 35.5. The Kier molecular flexibility index (Phi) is 5.16. The molecule has 0 saturated carbocycles. The summed E-state index contributed by atoms with van der Waals surface area (Å²) in [4.78, 5) is 4.40. The van der Waals surface area contributed by atoms with E-state index in [0.29, 0.717) is 26.4 Å². The molecular formula is C17H11ClN4OS3. The molecule has 5 nitrogen and oxygen atoms in total. The summed E-state index contributed by atoms with van der Waals surface area (Å²) in [5.41, 5.74) is 1.69. The molecule has 0 aliphatic carbocycles. The lowest BCUT2D eigenvalue weighted by Gasteiger charge is -1.98. The molecule has 4 aromatic rings. The Morgan fingerprint density at radius 1 is 1.12 bits per heavy atom. The van der Waals surface area contributed by atoms with Crippen molar-refractivity contribution in [1.82, 2.24) is 19.9 Å². The Labute approximate surface area is 167 Å². The minimum absolute atomic E-state index is 0.480. The van der Waals surface area contributed by atoms with E-state index in [1.807, 2.05) is 48.5 Å². The van der Waals surface area contributed by atoms with Gasteiger partial charge in [-0.1, -0.05) is 70.2 Å². The molecule has 2 heterocycles. The van der Waals surface area contributed by atoms with E-state index in [1.165, 1.54) is 23.1 Å². The molecule has 0 N–H and O–H groups in total. The third kappa shape index (κ3) is 3.73. The van der Waals surface area contributed by atoms with E-state index in [0.717, 1.165) is 15.6 Å². The molecule has 0 amide bonds. The van der Waals surface area contributed by atoms with Crippen molar-refractivity contribution in [2.45, 2.75) is 10.1 Å². The van der Waals surface area contributed by atoms with E-state index in [4.69, 9.17) is 28.3 Å². The third-order valence-electron chi connectivity index (χ3n) is 3.43. The Balaban J connectivity index is 1.49. The maximum absolute atomic E-state index is 6.17. The zero-order valence-corrected chi connectivity index (χ0v) is 16.4. The van der Waals surface area contributed by atoms with Crippen LogP contribution in [0.1, 0.15) is 5.89 Å². The van der Waals surface area contributed by atoms with Gasteiger partial charge in [0, 0.05) is 5.56 Å². The molecule has 0 bridgehead atoms. The number of aromatic nitrogens is 4. The average Bonchev–Trinajstić information content (AvgIpc) is 3.28. The summed E-state index contributed by atoms with van der Waals surface area (Å²) in [6, 6.07) is 17.2. The largest absolute Gasteiger partial charge is 0.338 e. The molecule has 2 aromatic carbocycles. The Morgan fingerprint density at radius 3 is 2.69 bits per heavy atom. The van der Waals surface area contributed by atoms with Gasteiger partial charge in [0.05, 0.1) is 16.5 Å². The van der Waals surface area contributed by atoms with E-state index in [-0.39, 0.29) is 0 Å². The van der Waals surface area contributed by atoms with Gasteiger partial charge in [0.25, 0.3) is 0 Å². The quantitative estimate of drug-likeness (QED) is 0.308. The Bertz CT molecular complexity index is 1090. The van der Waals surface area contributed by atoms with Crippen LogP contribution in [0.3, 0.4) is 0 Å². The molecule has 4 rings (SSSR count). The number of benzene rings is 2. The van der Waals surface area contributed by atoms with Gasteiger partial charge in [-0.2, -0.15) is 4.98 Å². The molecule has 0 saturated heterocycles. The minimum atomic E-state index is 0.480. The fraction of sp³-hybridized carbons (Fsp3) is 0.0588. The molecule has 0 spiro atoms. The first-order chi connectivity index (χ1) is 12.7. The number of halogens is 1. The lowest BCUT2D eigenvalue weighted by atomic mass is 10.2. The van der Waals surface area contributed by atoms with Crippen molar-refractivity contribution >= 4 is 46.9 Å². The van der Waals surface area contributed by atoms with Gasteiger partial charge in [-0.15, -0.1) is 5.10 Å². The van der Waals surface area contributed by atoms with E-state index in [2.05, 4.69) is 15.2 Å². The van der Waals surface area contributed by atoms with Gasteiger partial charge < -0.3 is 4.52 Å². The second kappa shape index (κ2) is 7.71. The van der Waals surface area contributed by atoms with Crippen LogP contribution in [0.4, 0.5) is 0 Å². The predicted octanol–water partition coefficient (Wildman–Crippen LogP) is 5.66. The van der Waals surface area contributed by atoms with Crippen LogP contribution >= 0.6 is 46.9 Å². The molecule has 0 aliphatic heterocycles. The lowest BCUT2D eigenvalue weighted by Crippen LogP contribution is -1.95. The Hall–Kier alpha value is -2.00. The molecule has 0 radical (unpaired) electrons. The summed E-state index contributed by atoms with van der Waals surface area (Å²) in [7, 11) is 0. The maximum Gasteiger partial charge on any atom is 0.237 e.